The molecule has 1 atom stereocenters. The minimum atomic E-state index is -0.304. The van der Waals surface area contributed by atoms with Crippen molar-refractivity contribution in [1.82, 2.24) is 14.5 Å². The van der Waals surface area contributed by atoms with E-state index in [-0.39, 0.29) is 36.4 Å². The number of halogens is 1. The highest BCUT2D eigenvalue weighted by Gasteiger charge is 2.25. The SMILES string of the molecule is Cc1cccc2c(=O)n(CCC(=O)N3CCOC(c4ccc(F)cc4)C3)cnc12. The lowest BCUT2D eigenvalue weighted by Crippen LogP contribution is -2.42. The predicted octanol–water partition coefficient (Wildman–Crippen LogP) is 2.83. The Labute approximate surface area is 167 Å². The van der Waals surface area contributed by atoms with Crippen molar-refractivity contribution in [3.8, 4) is 0 Å². The molecule has 29 heavy (non-hydrogen) atoms. The summed E-state index contributed by atoms with van der Waals surface area (Å²) in [5, 5.41) is 0.558. The van der Waals surface area contributed by atoms with Gasteiger partial charge in [-0.3, -0.25) is 14.2 Å². The minimum absolute atomic E-state index is 0.0448. The van der Waals surface area contributed by atoms with E-state index >= 15 is 0 Å². The van der Waals surface area contributed by atoms with Gasteiger partial charge in [-0.25, -0.2) is 9.37 Å². The van der Waals surface area contributed by atoms with Gasteiger partial charge in [0.15, 0.2) is 0 Å². The average molecular weight is 395 g/mol. The molecule has 0 aliphatic carbocycles. The van der Waals surface area contributed by atoms with Crippen LogP contribution in [0.3, 0.4) is 0 Å². The molecule has 0 bridgehead atoms. The number of hydrogen-bond donors (Lipinski definition) is 0. The van der Waals surface area contributed by atoms with Crippen LogP contribution < -0.4 is 5.56 Å². The van der Waals surface area contributed by atoms with Crippen molar-refractivity contribution in [3.05, 3.63) is 76.1 Å². The van der Waals surface area contributed by atoms with E-state index in [4.69, 9.17) is 4.74 Å². The van der Waals surface area contributed by atoms with Crippen molar-refractivity contribution in [3.63, 3.8) is 0 Å². The van der Waals surface area contributed by atoms with Crippen LogP contribution in [0.15, 0.2) is 53.6 Å². The van der Waals surface area contributed by atoms with Gasteiger partial charge in [0, 0.05) is 19.5 Å². The highest BCUT2D eigenvalue weighted by molar-refractivity contribution is 5.80. The van der Waals surface area contributed by atoms with Gasteiger partial charge in [0.25, 0.3) is 5.56 Å². The zero-order valence-electron chi connectivity index (χ0n) is 16.2. The third kappa shape index (κ3) is 4.05. The number of aromatic nitrogens is 2. The fourth-order valence-electron chi connectivity index (χ4n) is 3.63. The zero-order valence-corrected chi connectivity index (χ0v) is 16.2. The Hall–Kier alpha value is -3.06. The molecule has 6 nitrogen and oxygen atoms in total. The van der Waals surface area contributed by atoms with Gasteiger partial charge in [0.05, 0.1) is 30.4 Å². The van der Waals surface area contributed by atoms with Crippen LogP contribution in [0.25, 0.3) is 10.9 Å². The molecular formula is C22H22FN3O3. The lowest BCUT2D eigenvalue weighted by molar-refractivity contribution is -0.139. The molecule has 1 aromatic heterocycles. The van der Waals surface area contributed by atoms with Crippen LogP contribution in [0.4, 0.5) is 4.39 Å². The summed E-state index contributed by atoms with van der Waals surface area (Å²) in [5.74, 6) is -0.348. The van der Waals surface area contributed by atoms with Gasteiger partial charge in [-0.1, -0.05) is 24.3 Å². The molecule has 1 aliphatic rings. The maximum absolute atomic E-state index is 13.1. The molecule has 1 amide bonds. The number of carbonyl (C=O) groups is 1. The van der Waals surface area contributed by atoms with Gasteiger partial charge in [0.1, 0.15) is 11.9 Å². The highest BCUT2D eigenvalue weighted by Crippen LogP contribution is 2.23. The number of amides is 1. The van der Waals surface area contributed by atoms with Crippen LogP contribution >= 0.6 is 0 Å². The Kier molecular flexibility index (Phi) is 5.40. The summed E-state index contributed by atoms with van der Waals surface area (Å²) in [6.07, 6.45) is 1.43. The molecule has 0 radical (unpaired) electrons. The third-order valence-corrected chi connectivity index (χ3v) is 5.28. The number of carbonyl (C=O) groups excluding carboxylic acids is 1. The lowest BCUT2D eigenvalue weighted by atomic mass is 10.1. The largest absolute Gasteiger partial charge is 0.370 e. The fourth-order valence-corrected chi connectivity index (χ4v) is 3.63. The van der Waals surface area contributed by atoms with Gasteiger partial charge in [-0.05, 0) is 36.2 Å². The number of hydrogen-bond acceptors (Lipinski definition) is 4. The van der Waals surface area contributed by atoms with Crippen molar-refractivity contribution in [2.45, 2.75) is 26.0 Å². The van der Waals surface area contributed by atoms with Gasteiger partial charge >= 0.3 is 0 Å². The zero-order chi connectivity index (χ0) is 20.4. The van der Waals surface area contributed by atoms with E-state index in [0.717, 1.165) is 11.1 Å². The molecular weight excluding hydrogens is 373 g/mol. The van der Waals surface area contributed by atoms with E-state index in [1.807, 2.05) is 19.1 Å². The second kappa shape index (κ2) is 8.13. The van der Waals surface area contributed by atoms with Crippen molar-refractivity contribution in [1.29, 1.82) is 0 Å². The van der Waals surface area contributed by atoms with Crippen LogP contribution in [-0.4, -0.2) is 40.1 Å². The Morgan fingerprint density at radius 1 is 1.24 bits per heavy atom. The molecule has 1 aliphatic heterocycles. The van der Waals surface area contributed by atoms with Crippen LogP contribution in [0, 0.1) is 12.7 Å². The molecule has 1 fully saturated rings. The maximum Gasteiger partial charge on any atom is 0.261 e. The van der Waals surface area contributed by atoms with E-state index in [9.17, 15) is 14.0 Å². The number of aryl methyl sites for hydroxylation is 2. The smallest absolute Gasteiger partial charge is 0.261 e. The second-order valence-electron chi connectivity index (χ2n) is 7.21. The molecule has 4 rings (SSSR count). The third-order valence-electron chi connectivity index (χ3n) is 5.28. The Morgan fingerprint density at radius 2 is 2.03 bits per heavy atom. The predicted molar refractivity (Wildman–Crippen MR) is 107 cm³/mol. The molecule has 1 saturated heterocycles. The molecule has 0 spiro atoms. The quantitative estimate of drug-likeness (QED) is 0.682. The van der Waals surface area contributed by atoms with Crippen LogP contribution in [0.5, 0.6) is 0 Å². The number of para-hydroxylation sites is 1. The van der Waals surface area contributed by atoms with Crippen molar-refractivity contribution < 1.29 is 13.9 Å². The number of fused-ring (bicyclic) bond motifs is 1. The van der Waals surface area contributed by atoms with Crippen molar-refractivity contribution >= 4 is 16.8 Å². The topological polar surface area (TPSA) is 64.4 Å². The maximum atomic E-state index is 13.1. The Morgan fingerprint density at radius 3 is 2.83 bits per heavy atom. The van der Waals surface area contributed by atoms with E-state index in [2.05, 4.69) is 4.98 Å². The van der Waals surface area contributed by atoms with Gasteiger partial charge < -0.3 is 9.64 Å². The summed E-state index contributed by atoms with van der Waals surface area (Å²) in [7, 11) is 0. The first kappa shape index (κ1) is 19.3. The Balaban J connectivity index is 1.43. The molecule has 7 heteroatoms. The number of morpholine rings is 1. The summed E-state index contributed by atoms with van der Waals surface area (Å²) >= 11 is 0. The Bertz CT molecular complexity index is 1090. The number of ether oxygens (including phenoxy) is 1. The summed E-state index contributed by atoms with van der Waals surface area (Å²) in [4.78, 5) is 31.5. The average Bonchev–Trinajstić information content (AvgIpc) is 2.74. The first-order chi connectivity index (χ1) is 14.0. The van der Waals surface area contributed by atoms with Crippen molar-refractivity contribution in [2.75, 3.05) is 19.7 Å². The number of benzene rings is 2. The second-order valence-corrected chi connectivity index (χ2v) is 7.21. The van der Waals surface area contributed by atoms with Crippen LogP contribution in [0.1, 0.15) is 23.7 Å². The van der Waals surface area contributed by atoms with Gasteiger partial charge in [-0.2, -0.15) is 0 Å². The molecule has 0 N–H and O–H groups in total. The molecule has 2 aromatic carbocycles. The monoisotopic (exact) mass is 395 g/mol. The lowest BCUT2D eigenvalue weighted by Gasteiger charge is -2.33. The minimum Gasteiger partial charge on any atom is -0.370 e. The summed E-state index contributed by atoms with van der Waals surface area (Å²) in [6.45, 7) is 3.52. The van der Waals surface area contributed by atoms with E-state index in [1.54, 1.807) is 23.1 Å². The van der Waals surface area contributed by atoms with Gasteiger partial charge in [-0.15, -0.1) is 0 Å². The van der Waals surface area contributed by atoms with E-state index in [1.165, 1.54) is 23.0 Å². The molecule has 3 aromatic rings. The first-order valence-corrected chi connectivity index (χ1v) is 9.62. The fraction of sp³-hybridized carbons (Fsp3) is 0.318. The normalized spacial score (nSPS) is 16.9. The van der Waals surface area contributed by atoms with E-state index in [0.29, 0.717) is 30.6 Å². The molecule has 150 valence electrons. The van der Waals surface area contributed by atoms with E-state index < -0.39 is 0 Å². The van der Waals surface area contributed by atoms with Crippen LogP contribution in [-0.2, 0) is 16.1 Å². The molecule has 2 heterocycles. The summed E-state index contributed by atoms with van der Waals surface area (Å²) in [6, 6.07) is 11.6. The van der Waals surface area contributed by atoms with Crippen molar-refractivity contribution in [2.24, 2.45) is 0 Å². The summed E-state index contributed by atoms with van der Waals surface area (Å²) in [5.41, 5.74) is 2.34. The van der Waals surface area contributed by atoms with Gasteiger partial charge in [0.2, 0.25) is 5.91 Å². The summed E-state index contributed by atoms with van der Waals surface area (Å²) < 4.78 is 20.4. The molecule has 1 unspecified atom stereocenters. The van der Waals surface area contributed by atoms with Crippen LogP contribution in [0.2, 0.25) is 0 Å². The highest BCUT2D eigenvalue weighted by atomic mass is 19.1. The number of nitrogens with zero attached hydrogens (tertiary/aromatic N) is 3. The standard InChI is InChI=1S/C22H22FN3O3/c1-15-3-2-4-18-21(15)24-14-26(22(18)28)10-9-20(27)25-11-12-29-19(13-25)16-5-7-17(23)8-6-16/h2-8,14,19H,9-13H2,1H3. The molecule has 0 saturated carbocycles. The first-order valence-electron chi connectivity index (χ1n) is 9.62. The number of rotatable bonds is 4.